The van der Waals surface area contributed by atoms with Crippen LogP contribution in [0.4, 0.5) is 4.79 Å². The van der Waals surface area contributed by atoms with E-state index in [9.17, 15) is 4.79 Å². The maximum atomic E-state index is 11.1. The predicted octanol–water partition coefficient (Wildman–Crippen LogP) is 4.76. The second-order valence-corrected chi connectivity index (χ2v) is 7.81. The van der Waals surface area contributed by atoms with Crippen LogP contribution in [0.3, 0.4) is 0 Å². The number of alkyl halides is 8. The van der Waals surface area contributed by atoms with Gasteiger partial charge in [-0.25, -0.2) is 4.79 Å². The maximum absolute atomic E-state index is 11.1. The van der Waals surface area contributed by atoms with Gasteiger partial charge in [-0.2, -0.15) is 0 Å². The minimum Gasteiger partial charge on any atom is -0.394 e. The fraction of sp³-hybridized carbons (Fsp3) is 0.800. The molecular formula is C5Cl8O3. The van der Waals surface area contributed by atoms with Crippen LogP contribution in [0, 0.1) is 0 Å². The van der Waals surface area contributed by atoms with Crippen molar-refractivity contribution in [3.05, 3.63) is 0 Å². The monoisotopic (exact) mass is 388 g/mol. The summed E-state index contributed by atoms with van der Waals surface area (Å²) < 4.78 is -1.23. The topological polar surface area (TPSA) is 35.5 Å². The van der Waals surface area contributed by atoms with E-state index in [1.54, 1.807) is 0 Å². The molecule has 0 amide bonds. The number of cyclic esters (lactones) is 2. The van der Waals surface area contributed by atoms with Crippen molar-refractivity contribution >= 4 is 99.0 Å². The van der Waals surface area contributed by atoms with Crippen LogP contribution in [0.1, 0.15) is 0 Å². The average Bonchev–Trinajstić information content (AvgIpc) is 2.01. The Hall–Kier alpha value is 1.59. The SMILES string of the molecule is O=C1OC(Cl)(Cl)C(Cl)(Cl)C(Cl)(Cl)C(Cl)(Cl)O1. The lowest BCUT2D eigenvalue weighted by atomic mass is 10.3. The van der Waals surface area contributed by atoms with Crippen LogP contribution in [-0.4, -0.2) is 23.9 Å². The summed E-state index contributed by atoms with van der Waals surface area (Å²) in [6.07, 6.45) is -1.44. The van der Waals surface area contributed by atoms with Crippen molar-refractivity contribution < 1.29 is 14.3 Å². The number of hydrogen-bond acceptors (Lipinski definition) is 3. The first-order valence-corrected chi connectivity index (χ1v) is 6.31. The molecule has 94 valence electrons. The smallest absolute Gasteiger partial charge is 0.394 e. The molecule has 0 radical (unpaired) electrons. The van der Waals surface area contributed by atoms with Gasteiger partial charge < -0.3 is 9.47 Å². The Labute approximate surface area is 130 Å². The van der Waals surface area contributed by atoms with E-state index in [2.05, 4.69) is 9.47 Å². The van der Waals surface area contributed by atoms with Crippen LogP contribution >= 0.6 is 92.8 Å². The lowest BCUT2D eigenvalue weighted by Crippen LogP contribution is -2.56. The summed E-state index contributed by atoms with van der Waals surface area (Å²) in [5, 5.41) is 0. The highest BCUT2D eigenvalue weighted by Gasteiger charge is 2.74. The van der Waals surface area contributed by atoms with Gasteiger partial charge in [-0.05, 0) is 0 Å². The Balaban J connectivity index is 3.38. The first kappa shape index (κ1) is 15.6. The van der Waals surface area contributed by atoms with E-state index in [1.807, 2.05) is 0 Å². The molecule has 1 saturated heterocycles. The zero-order chi connectivity index (χ0) is 13.0. The summed E-state index contributed by atoms with van der Waals surface area (Å²) in [5.41, 5.74) is 0. The lowest BCUT2D eigenvalue weighted by molar-refractivity contribution is 0.0372. The standard InChI is InChI=1S/C5Cl8O3/c6-2(7)3(8,9)5(12,13)16-1(14)15-4(2,10)11. The Morgan fingerprint density at radius 1 is 0.688 bits per heavy atom. The molecule has 16 heavy (non-hydrogen) atoms. The van der Waals surface area contributed by atoms with E-state index in [0.29, 0.717) is 0 Å². The van der Waals surface area contributed by atoms with Gasteiger partial charge in [0, 0.05) is 0 Å². The summed E-state index contributed by atoms with van der Waals surface area (Å²) in [6, 6.07) is 0. The zero-order valence-corrected chi connectivity index (χ0v) is 12.8. The first-order valence-electron chi connectivity index (χ1n) is 3.28. The first-order chi connectivity index (χ1) is 6.85. The molecule has 1 heterocycles. The quantitative estimate of drug-likeness (QED) is 0.441. The molecule has 0 saturated carbocycles. The van der Waals surface area contributed by atoms with Crippen molar-refractivity contribution in [2.45, 2.75) is 17.7 Å². The van der Waals surface area contributed by atoms with Gasteiger partial charge in [-0.1, -0.05) is 92.8 Å². The van der Waals surface area contributed by atoms with E-state index in [4.69, 9.17) is 92.8 Å². The van der Waals surface area contributed by atoms with E-state index < -0.39 is 23.9 Å². The van der Waals surface area contributed by atoms with Crippen LogP contribution in [0.15, 0.2) is 0 Å². The number of carbonyl (C=O) groups is 1. The highest BCUT2D eigenvalue weighted by molar-refractivity contribution is 6.73. The molecule has 0 aromatic carbocycles. The lowest BCUT2D eigenvalue weighted by Gasteiger charge is -2.39. The molecule has 0 N–H and O–H groups in total. The van der Waals surface area contributed by atoms with Gasteiger partial charge in [-0.3, -0.25) is 0 Å². The number of ether oxygens (including phenoxy) is 2. The Kier molecular flexibility index (Phi) is 4.21. The minimum atomic E-state index is -2.51. The molecule has 3 nitrogen and oxygen atoms in total. The predicted molar refractivity (Wildman–Crippen MR) is 65.3 cm³/mol. The van der Waals surface area contributed by atoms with E-state index in [-0.39, 0.29) is 0 Å². The number of halogens is 8. The normalized spacial score (nSPS) is 29.9. The highest BCUT2D eigenvalue weighted by atomic mass is 35.6. The van der Waals surface area contributed by atoms with Gasteiger partial charge in [0.15, 0.2) is 0 Å². The fourth-order valence-corrected chi connectivity index (χ4v) is 2.62. The van der Waals surface area contributed by atoms with Crippen molar-refractivity contribution in [3.8, 4) is 0 Å². The Morgan fingerprint density at radius 3 is 1.19 bits per heavy atom. The molecule has 11 heteroatoms. The highest BCUT2D eigenvalue weighted by Crippen LogP contribution is 2.63. The molecule has 0 aliphatic carbocycles. The summed E-state index contributed by atoms with van der Waals surface area (Å²) >= 11 is 45.2. The van der Waals surface area contributed by atoms with Crippen molar-refractivity contribution in [2.75, 3.05) is 0 Å². The average molecular weight is 392 g/mol. The number of hydrogen-bond donors (Lipinski definition) is 0. The van der Waals surface area contributed by atoms with Crippen molar-refractivity contribution in [3.63, 3.8) is 0 Å². The molecule has 0 bridgehead atoms. The third-order valence-corrected chi connectivity index (χ3v) is 6.35. The maximum Gasteiger partial charge on any atom is 0.513 e. The number of rotatable bonds is 0. The van der Waals surface area contributed by atoms with Crippen molar-refractivity contribution in [1.29, 1.82) is 0 Å². The van der Waals surface area contributed by atoms with Crippen molar-refractivity contribution in [1.82, 2.24) is 0 Å². The minimum absolute atomic E-state index is 1.44. The molecule has 0 aromatic rings. The summed E-state index contributed by atoms with van der Waals surface area (Å²) in [4.78, 5) is 11.1. The summed E-state index contributed by atoms with van der Waals surface area (Å²) in [7, 11) is 0. The summed E-state index contributed by atoms with van der Waals surface area (Å²) in [6.45, 7) is 0. The van der Waals surface area contributed by atoms with Crippen LogP contribution in [0.25, 0.3) is 0 Å². The van der Waals surface area contributed by atoms with Crippen molar-refractivity contribution in [2.24, 2.45) is 0 Å². The zero-order valence-electron chi connectivity index (χ0n) is 6.75. The van der Waals surface area contributed by atoms with Gasteiger partial charge in [0.05, 0.1) is 0 Å². The summed E-state index contributed by atoms with van der Waals surface area (Å²) in [5.74, 6) is 0. The Morgan fingerprint density at radius 2 is 0.938 bits per heavy atom. The van der Waals surface area contributed by atoms with E-state index in [0.717, 1.165) is 0 Å². The molecule has 1 fully saturated rings. The second kappa shape index (κ2) is 4.31. The molecule has 0 aromatic heterocycles. The number of carbonyl (C=O) groups excluding carboxylic acids is 1. The Bertz CT molecular complexity index is 294. The molecule has 1 aliphatic rings. The second-order valence-electron chi connectivity index (χ2n) is 2.64. The molecule has 1 aliphatic heterocycles. The fourth-order valence-electron chi connectivity index (χ4n) is 0.724. The van der Waals surface area contributed by atoms with Crippen LogP contribution in [-0.2, 0) is 9.47 Å². The van der Waals surface area contributed by atoms with Gasteiger partial charge in [-0.15, -0.1) is 0 Å². The van der Waals surface area contributed by atoms with Crippen LogP contribution < -0.4 is 0 Å². The molecule has 0 spiro atoms. The van der Waals surface area contributed by atoms with Crippen LogP contribution in [0.2, 0.25) is 0 Å². The third kappa shape index (κ3) is 2.23. The molecule has 1 rings (SSSR count). The largest absolute Gasteiger partial charge is 0.513 e. The van der Waals surface area contributed by atoms with Gasteiger partial charge >= 0.3 is 15.2 Å². The van der Waals surface area contributed by atoms with E-state index in [1.165, 1.54) is 0 Å². The van der Waals surface area contributed by atoms with Crippen LogP contribution in [0.5, 0.6) is 0 Å². The van der Waals surface area contributed by atoms with E-state index >= 15 is 0 Å². The molecular weight excluding hydrogens is 392 g/mol. The molecule has 0 unspecified atom stereocenters. The van der Waals surface area contributed by atoms with Gasteiger partial charge in [0.25, 0.3) is 0 Å². The van der Waals surface area contributed by atoms with Gasteiger partial charge in [0.1, 0.15) is 0 Å². The third-order valence-electron chi connectivity index (χ3n) is 1.55. The van der Waals surface area contributed by atoms with Gasteiger partial charge in [0.2, 0.25) is 8.67 Å². The molecule has 0 atom stereocenters.